The number of carbonyl (C=O) groups excluding carboxylic acids is 2. The number of esters is 1. The number of hydrogen-bond acceptors (Lipinski definition) is 5. The molecular weight excluding hydrogens is 442 g/mol. The minimum Gasteiger partial charge on any atom is -0.496 e. The van der Waals surface area contributed by atoms with E-state index in [1.165, 1.54) is 0 Å². The first kappa shape index (κ1) is 23.3. The van der Waals surface area contributed by atoms with Gasteiger partial charge in [0.05, 0.1) is 25.3 Å². The lowest BCUT2D eigenvalue weighted by atomic mass is 9.83. The Balaban J connectivity index is 1.64. The van der Waals surface area contributed by atoms with Crippen molar-refractivity contribution in [1.82, 2.24) is 4.90 Å². The van der Waals surface area contributed by atoms with Crippen molar-refractivity contribution in [2.75, 3.05) is 20.3 Å². The monoisotopic (exact) mass is 469 g/mol. The molecule has 4 rings (SSSR count). The summed E-state index contributed by atoms with van der Waals surface area (Å²) in [7, 11) is 1.58. The van der Waals surface area contributed by atoms with E-state index < -0.39 is 11.9 Å². The maximum Gasteiger partial charge on any atom is 0.336 e. The van der Waals surface area contributed by atoms with Crippen LogP contribution in [0.1, 0.15) is 43.2 Å². The highest BCUT2D eigenvalue weighted by Crippen LogP contribution is 2.38. The van der Waals surface area contributed by atoms with Crippen molar-refractivity contribution < 1.29 is 23.8 Å². The molecule has 0 spiro atoms. The molecule has 2 aliphatic rings. The Morgan fingerprint density at radius 3 is 2.64 bits per heavy atom. The number of nitrogens with zero attached hydrogens (tertiary/aromatic N) is 1. The van der Waals surface area contributed by atoms with E-state index in [0.717, 1.165) is 24.0 Å². The number of benzene rings is 2. The Hall–Kier alpha value is -2.83. The lowest BCUT2D eigenvalue weighted by Gasteiger charge is -2.35. The summed E-state index contributed by atoms with van der Waals surface area (Å²) in [6.07, 6.45) is 2.06. The molecule has 2 atom stereocenters. The zero-order valence-electron chi connectivity index (χ0n) is 18.9. The van der Waals surface area contributed by atoms with Gasteiger partial charge in [-0.05, 0) is 43.5 Å². The maximum atomic E-state index is 13.4. The fourth-order valence-electron chi connectivity index (χ4n) is 4.52. The van der Waals surface area contributed by atoms with Gasteiger partial charge in [0.1, 0.15) is 12.4 Å². The molecule has 0 unspecified atom stereocenters. The second kappa shape index (κ2) is 10.4. The van der Waals surface area contributed by atoms with Crippen LogP contribution in [0.4, 0.5) is 0 Å². The first-order valence-electron chi connectivity index (χ1n) is 11.1. The van der Waals surface area contributed by atoms with Crippen LogP contribution in [0, 0.1) is 0 Å². The van der Waals surface area contributed by atoms with Crippen LogP contribution < -0.4 is 4.74 Å². The Morgan fingerprint density at radius 2 is 1.94 bits per heavy atom. The van der Waals surface area contributed by atoms with Crippen molar-refractivity contribution in [3.8, 4) is 5.75 Å². The van der Waals surface area contributed by atoms with Gasteiger partial charge in [-0.15, -0.1) is 0 Å². The van der Waals surface area contributed by atoms with Crippen LogP contribution in [-0.4, -0.2) is 43.1 Å². The third-order valence-electron chi connectivity index (χ3n) is 6.28. The fraction of sp³-hybridized carbons (Fsp3) is 0.385. The predicted molar refractivity (Wildman–Crippen MR) is 125 cm³/mol. The highest BCUT2D eigenvalue weighted by molar-refractivity contribution is 6.30. The average Bonchev–Trinajstić information content (AvgIpc) is 3.34. The summed E-state index contributed by atoms with van der Waals surface area (Å²) in [6, 6.07) is 14.7. The number of allylic oxidation sites excluding steroid dienone is 1. The highest BCUT2D eigenvalue weighted by atomic mass is 35.5. The van der Waals surface area contributed by atoms with E-state index in [0.29, 0.717) is 35.2 Å². The van der Waals surface area contributed by atoms with E-state index in [-0.39, 0.29) is 25.0 Å². The van der Waals surface area contributed by atoms with Crippen molar-refractivity contribution in [3.05, 3.63) is 76.0 Å². The molecule has 1 fully saturated rings. The molecule has 2 heterocycles. The molecule has 0 saturated carbocycles. The van der Waals surface area contributed by atoms with Crippen LogP contribution in [0.25, 0.3) is 0 Å². The summed E-state index contributed by atoms with van der Waals surface area (Å²) < 4.78 is 16.8. The standard InChI is InChI=1S/C26H28ClNO5/c1-17-25(26(30)33-16-19-6-3-4-8-23(19)31-2)22(18-9-11-20(27)12-10-18)14-24(29)28(17)15-21-7-5-13-32-21/h3-4,6,8-12,21-22H,5,7,13-16H2,1-2H3/t21-,22+/m0/s1. The lowest BCUT2D eigenvalue weighted by molar-refractivity contribution is -0.141. The van der Waals surface area contributed by atoms with Crippen molar-refractivity contribution in [3.63, 3.8) is 0 Å². The largest absolute Gasteiger partial charge is 0.496 e. The zero-order chi connectivity index (χ0) is 23.4. The van der Waals surface area contributed by atoms with E-state index in [9.17, 15) is 9.59 Å². The van der Waals surface area contributed by atoms with Crippen LogP contribution in [-0.2, 0) is 25.7 Å². The zero-order valence-corrected chi connectivity index (χ0v) is 19.6. The van der Waals surface area contributed by atoms with Gasteiger partial charge in [-0.25, -0.2) is 4.79 Å². The van der Waals surface area contributed by atoms with Crippen molar-refractivity contribution in [2.45, 2.75) is 44.8 Å². The van der Waals surface area contributed by atoms with Gasteiger partial charge in [-0.3, -0.25) is 4.79 Å². The van der Waals surface area contributed by atoms with E-state index in [1.807, 2.05) is 43.3 Å². The number of amides is 1. The normalized spacial score (nSPS) is 20.8. The molecule has 1 amide bonds. The van der Waals surface area contributed by atoms with Crippen molar-refractivity contribution in [2.24, 2.45) is 0 Å². The predicted octanol–water partition coefficient (Wildman–Crippen LogP) is 4.86. The minimum atomic E-state index is -0.441. The van der Waals surface area contributed by atoms with Gasteiger partial charge < -0.3 is 19.1 Å². The molecule has 0 N–H and O–H groups in total. The van der Waals surface area contributed by atoms with Crippen LogP contribution in [0.2, 0.25) is 5.02 Å². The SMILES string of the molecule is COc1ccccc1COC(=O)C1=C(C)N(C[C@@H]2CCCO2)C(=O)C[C@@H]1c1ccc(Cl)cc1. The maximum absolute atomic E-state index is 13.4. The number of carbonyl (C=O) groups is 2. The summed E-state index contributed by atoms with van der Waals surface area (Å²) in [4.78, 5) is 28.2. The van der Waals surface area contributed by atoms with Gasteiger partial charge in [-0.2, -0.15) is 0 Å². The second-order valence-electron chi connectivity index (χ2n) is 8.33. The molecule has 6 nitrogen and oxygen atoms in total. The molecule has 2 aromatic rings. The van der Waals surface area contributed by atoms with Crippen LogP contribution in [0.5, 0.6) is 5.75 Å². The molecule has 174 valence electrons. The van der Waals surface area contributed by atoms with E-state index >= 15 is 0 Å². The molecule has 0 radical (unpaired) electrons. The van der Waals surface area contributed by atoms with Gasteiger partial charge in [0.2, 0.25) is 5.91 Å². The van der Waals surface area contributed by atoms with Gasteiger partial charge >= 0.3 is 5.97 Å². The quantitative estimate of drug-likeness (QED) is 0.542. The molecule has 0 aromatic heterocycles. The summed E-state index contributed by atoms with van der Waals surface area (Å²) in [5.74, 6) is -0.211. The third kappa shape index (κ3) is 5.23. The summed E-state index contributed by atoms with van der Waals surface area (Å²) in [5.41, 5.74) is 2.74. The van der Waals surface area contributed by atoms with Gasteiger partial charge in [0.15, 0.2) is 0 Å². The van der Waals surface area contributed by atoms with E-state index in [1.54, 1.807) is 24.1 Å². The Bertz CT molecular complexity index is 1040. The van der Waals surface area contributed by atoms with E-state index in [2.05, 4.69) is 0 Å². The smallest absolute Gasteiger partial charge is 0.336 e. The molecule has 1 saturated heterocycles. The van der Waals surface area contributed by atoms with E-state index in [4.69, 9.17) is 25.8 Å². The van der Waals surface area contributed by atoms with Crippen molar-refractivity contribution >= 4 is 23.5 Å². The van der Waals surface area contributed by atoms with Gasteiger partial charge in [-0.1, -0.05) is 41.9 Å². The Labute approximate surface area is 199 Å². The summed E-state index contributed by atoms with van der Waals surface area (Å²) in [6.45, 7) is 3.04. The number of hydrogen-bond donors (Lipinski definition) is 0. The average molecular weight is 470 g/mol. The molecule has 2 aliphatic heterocycles. The summed E-state index contributed by atoms with van der Waals surface area (Å²) in [5, 5.41) is 0.599. The fourth-order valence-corrected chi connectivity index (χ4v) is 4.64. The Kier molecular flexibility index (Phi) is 7.36. The van der Waals surface area contributed by atoms with Crippen LogP contribution in [0.3, 0.4) is 0 Å². The van der Waals surface area contributed by atoms with Crippen molar-refractivity contribution in [1.29, 1.82) is 0 Å². The van der Waals surface area contributed by atoms with Crippen LogP contribution in [0.15, 0.2) is 59.8 Å². The number of rotatable bonds is 7. The topological polar surface area (TPSA) is 65.1 Å². The number of halogens is 1. The molecular formula is C26H28ClNO5. The first-order chi connectivity index (χ1) is 16.0. The van der Waals surface area contributed by atoms with Gasteiger partial charge in [0, 0.05) is 35.2 Å². The molecule has 33 heavy (non-hydrogen) atoms. The molecule has 7 heteroatoms. The number of ether oxygens (including phenoxy) is 3. The summed E-state index contributed by atoms with van der Waals surface area (Å²) >= 11 is 6.07. The van der Waals surface area contributed by atoms with Crippen LogP contribution >= 0.6 is 11.6 Å². The second-order valence-corrected chi connectivity index (χ2v) is 8.77. The highest BCUT2D eigenvalue weighted by Gasteiger charge is 2.38. The molecule has 0 bridgehead atoms. The molecule has 0 aliphatic carbocycles. The number of methoxy groups -OCH3 is 1. The first-order valence-corrected chi connectivity index (χ1v) is 11.5. The van der Waals surface area contributed by atoms with Gasteiger partial charge in [0.25, 0.3) is 0 Å². The Morgan fingerprint density at radius 1 is 1.18 bits per heavy atom. The number of para-hydroxylation sites is 1. The molecule has 2 aromatic carbocycles. The minimum absolute atomic E-state index is 0.0122. The lowest BCUT2D eigenvalue weighted by Crippen LogP contribution is -2.42. The third-order valence-corrected chi connectivity index (χ3v) is 6.53.